The van der Waals surface area contributed by atoms with Crippen molar-refractivity contribution in [3.8, 4) is 5.75 Å². The van der Waals surface area contributed by atoms with Crippen LogP contribution in [0.3, 0.4) is 0 Å². The van der Waals surface area contributed by atoms with Crippen molar-refractivity contribution in [2.75, 3.05) is 20.2 Å². The topological polar surface area (TPSA) is 71.7 Å². The van der Waals surface area contributed by atoms with Crippen LogP contribution in [0.25, 0.3) is 0 Å². The molecule has 0 aliphatic rings. The van der Waals surface area contributed by atoms with Crippen LogP contribution < -0.4 is 15.4 Å². The predicted octanol–water partition coefficient (Wildman–Crippen LogP) is 2.60. The number of hydrogen-bond acceptors (Lipinski definition) is 4. The molecule has 1 aromatic heterocycles. The normalized spacial score (nSPS) is 11.4. The molecule has 0 radical (unpaired) electrons. The van der Waals surface area contributed by atoms with Crippen LogP contribution in [0.5, 0.6) is 5.75 Å². The molecule has 1 aromatic carbocycles. The molecule has 0 aliphatic carbocycles. The zero-order valence-corrected chi connectivity index (χ0v) is 14.8. The van der Waals surface area contributed by atoms with Crippen LogP contribution in [-0.4, -0.2) is 31.3 Å². The highest BCUT2D eigenvalue weighted by molar-refractivity contribution is 5.79. The van der Waals surface area contributed by atoms with E-state index >= 15 is 0 Å². The summed E-state index contributed by atoms with van der Waals surface area (Å²) in [4.78, 5) is 4.62. The van der Waals surface area contributed by atoms with Gasteiger partial charge in [-0.1, -0.05) is 17.3 Å². The van der Waals surface area contributed by atoms with E-state index in [-0.39, 0.29) is 0 Å². The van der Waals surface area contributed by atoms with Crippen LogP contribution in [0.2, 0.25) is 0 Å². The highest BCUT2D eigenvalue weighted by atomic mass is 16.5. The van der Waals surface area contributed by atoms with Gasteiger partial charge in [-0.25, -0.2) is 4.99 Å². The zero-order chi connectivity index (χ0) is 17.4. The third-order valence-corrected chi connectivity index (χ3v) is 3.77. The maximum atomic E-state index is 5.19. The Morgan fingerprint density at radius 2 is 1.96 bits per heavy atom. The van der Waals surface area contributed by atoms with Gasteiger partial charge in [0, 0.05) is 18.7 Å². The van der Waals surface area contributed by atoms with Crippen LogP contribution in [0.4, 0.5) is 0 Å². The van der Waals surface area contributed by atoms with Crippen molar-refractivity contribution in [3.63, 3.8) is 0 Å². The summed E-state index contributed by atoms with van der Waals surface area (Å²) in [7, 11) is 1.67. The summed E-state index contributed by atoms with van der Waals surface area (Å²) in [5, 5.41) is 10.6. The lowest BCUT2D eigenvalue weighted by atomic mass is 10.1. The minimum atomic E-state index is 0.616. The summed E-state index contributed by atoms with van der Waals surface area (Å²) >= 11 is 0. The van der Waals surface area contributed by atoms with Gasteiger partial charge in [-0.15, -0.1) is 0 Å². The number of hydrogen-bond donors (Lipinski definition) is 2. The number of methoxy groups -OCH3 is 1. The predicted molar refractivity (Wildman–Crippen MR) is 95.5 cm³/mol. The lowest BCUT2D eigenvalue weighted by Crippen LogP contribution is -2.38. The van der Waals surface area contributed by atoms with Gasteiger partial charge < -0.3 is 19.9 Å². The maximum Gasteiger partial charge on any atom is 0.191 e. The van der Waals surface area contributed by atoms with E-state index < -0.39 is 0 Å². The highest BCUT2D eigenvalue weighted by Gasteiger charge is 2.08. The van der Waals surface area contributed by atoms with E-state index in [1.165, 1.54) is 0 Å². The van der Waals surface area contributed by atoms with Crippen molar-refractivity contribution in [2.24, 2.45) is 4.99 Å². The third-order valence-electron chi connectivity index (χ3n) is 3.77. The number of rotatable bonds is 7. The van der Waals surface area contributed by atoms with Crippen LogP contribution in [0.1, 0.15) is 29.5 Å². The van der Waals surface area contributed by atoms with Crippen molar-refractivity contribution < 1.29 is 9.26 Å². The Bertz CT molecular complexity index is 643. The van der Waals surface area contributed by atoms with Crippen molar-refractivity contribution in [1.82, 2.24) is 15.8 Å². The fourth-order valence-electron chi connectivity index (χ4n) is 2.41. The summed E-state index contributed by atoms with van der Waals surface area (Å²) < 4.78 is 10.4. The molecule has 24 heavy (non-hydrogen) atoms. The molecular weight excluding hydrogens is 304 g/mol. The molecule has 0 aliphatic heterocycles. The van der Waals surface area contributed by atoms with Crippen molar-refractivity contribution in [3.05, 3.63) is 46.8 Å². The first-order chi connectivity index (χ1) is 11.6. The van der Waals surface area contributed by atoms with Gasteiger partial charge in [0.15, 0.2) is 5.96 Å². The van der Waals surface area contributed by atoms with Gasteiger partial charge in [0.1, 0.15) is 11.5 Å². The minimum absolute atomic E-state index is 0.616. The molecule has 0 bridgehead atoms. The number of ether oxygens (including phenoxy) is 1. The number of aryl methyl sites for hydroxylation is 2. The van der Waals surface area contributed by atoms with Gasteiger partial charge in [0.05, 0.1) is 19.3 Å². The Morgan fingerprint density at radius 1 is 1.21 bits per heavy atom. The fourth-order valence-corrected chi connectivity index (χ4v) is 2.41. The Morgan fingerprint density at radius 3 is 2.54 bits per heavy atom. The number of aromatic nitrogens is 1. The second kappa shape index (κ2) is 8.96. The molecule has 0 amide bonds. The summed E-state index contributed by atoms with van der Waals surface area (Å²) in [6, 6.07) is 7.94. The molecular formula is C18H26N4O2. The summed E-state index contributed by atoms with van der Waals surface area (Å²) in [6.45, 7) is 8.17. The van der Waals surface area contributed by atoms with Gasteiger partial charge in [-0.05, 0) is 44.9 Å². The number of benzene rings is 1. The molecule has 0 saturated heterocycles. The number of nitrogens with zero attached hydrogens (tertiary/aromatic N) is 2. The second-order valence-corrected chi connectivity index (χ2v) is 5.52. The van der Waals surface area contributed by atoms with E-state index in [9.17, 15) is 0 Å². The SMILES string of the molecule is CCNC(=NCc1ccc(OC)cc1)NCCc1c(C)noc1C. The van der Waals surface area contributed by atoms with Crippen LogP contribution >= 0.6 is 0 Å². The van der Waals surface area contributed by atoms with Gasteiger partial charge in [0.25, 0.3) is 0 Å². The average molecular weight is 330 g/mol. The standard InChI is InChI=1S/C18H26N4O2/c1-5-19-18(20-11-10-17-13(2)22-24-14(17)3)21-12-15-6-8-16(23-4)9-7-15/h6-9H,5,10-12H2,1-4H3,(H2,19,20,21). The van der Waals surface area contributed by atoms with Crippen LogP contribution in [0, 0.1) is 13.8 Å². The van der Waals surface area contributed by atoms with E-state index in [0.717, 1.165) is 53.8 Å². The first-order valence-corrected chi connectivity index (χ1v) is 8.21. The smallest absolute Gasteiger partial charge is 0.191 e. The van der Waals surface area contributed by atoms with E-state index in [4.69, 9.17) is 9.26 Å². The zero-order valence-electron chi connectivity index (χ0n) is 14.8. The molecule has 2 N–H and O–H groups in total. The largest absolute Gasteiger partial charge is 0.497 e. The van der Waals surface area contributed by atoms with E-state index in [2.05, 4.69) is 27.7 Å². The lowest BCUT2D eigenvalue weighted by Gasteiger charge is -2.11. The molecule has 0 fully saturated rings. The number of nitrogens with one attached hydrogen (secondary N) is 2. The molecule has 2 rings (SSSR count). The minimum Gasteiger partial charge on any atom is -0.497 e. The van der Waals surface area contributed by atoms with Crippen molar-refractivity contribution >= 4 is 5.96 Å². The molecule has 0 saturated carbocycles. The van der Waals surface area contributed by atoms with Gasteiger partial charge in [-0.2, -0.15) is 0 Å². The molecule has 0 unspecified atom stereocenters. The Hall–Kier alpha value is -2.50. The first kappa shape index (κ1) is 17.8. The average Bonchev–Trinajstić information content (AvgIpc) is 2.92. The fraction of sp³-hybridized carbons (Fsp3) is 0.444. The van der Waals surface area contributed by atoms with Crippen LogP contribution in [-0.2, 0) is 13.0 Å². The van der Waals surface area contributed by atoms with E-state index in [1.807, 2.05) is 38.1 Å². The highest BCUT2D eigenvalue weighted by Crippen LogP contribution is 2.13. The molecule has 6 heteroatoms. The third kappa shape index (κ3) is 5.01. The van der Waals surface area contributed by atoms with Crippen molar-refractivity contribution in [1.29, 1.82) is 0 Å². The maximum absolute atomic E-state index is 5.19. The summed E-state index contributed by atoms with van der Waals surface area (Å²) in [6.07, 6.45) is 0.855. The summed E-state index contributed by atoms with van der Waals surface area (Å²) in [5.74, 6) is 2.54. The summed E-state index contributed by atoms with van der Waals surface area (Å²) in [5.41, 5.74) is 3.25. The molecule has 6 nitrogen and oxygen atoms in total. The first-order valence-electron chi connectivity index (χ1n) is 8.21. The Kier molecular flexibility index (Phi) is 6.66. The number of aliphatic imine (C=N–C) groups is 1. The molecule has 1 heterocycles. The van der Waals surface area contributed by atoms with E-state index in [0.29, 0.717) is 6.54 Å². The van der Waals surface area contributed by atoms with E-state index in [1.54, 1.807) is 7.11 Å². The molecule has 0 atom stereocenters. The number of guanidine groups is 1. The Labute approximate surface area is 143 Å². The van der Waals surface area contributed by atoms with Gasteiger partial charge >= 0.3 is 0 Å². The second-order valence-electron chi connectivity index (χ2n) is 5.52. The van der Waals surface area contributed by atoms with Crippen molar-refractivity contribution in [2.45, 2.75) is 33.7 Å². The van der Waals surface area contributed by atoms with Gasteiger partial charge in [-0.3, -0.25) is 0 Å². The molecule has 0 spiro atoms. The molecule has 130 valence electrons. The lowest BCUT2D eigenvalue weighted by molar-refractivity contribution is 0.392. The monoisotopic (exact) mass is 330 g/mol. The quantitative estimate of drug-likeness (QED) is 0.603. The molecule has 2 aromatic rings. The van der Waals surface area contributed by atoms with Crippen LogP contribution in [0.15, 0.2) is 33.8 Å². The Balaban J connectivity index is 1.90. The van der Waals surface area contributed by atoms with Gasteiger partial charge in [0.2, 0.25) is 0 Å².